The van der Waals surface area contributed by atoms with Crippen molar-refractivity contribution in [2.45, 2.75) is 25.3 Å². The lowest BCUT2D eigenvalue weighted by atomic mass is 10.1. The van der Waals surface area contributed by atoms with Gasteiger partial charge in [-0.05, 0) is 18.6 Å². The smallest absolute Gasteiger partial charge is 0.177 e. The van der Waals surface area contributed by atoms with Gasteiger partial charge in [0.05, 0.1) is 12.9 Å². The largest absolute Gasteiger partial charge is 0.384 e. The van der Waals surface area contributed by atoms with Gasteiger partial charge in [0.25, 0.3) is 0 Å². The van der Waals surface area contributed by atoms with Gasteiger partial charge in [-0.3, -0.25) is 0 Å². The van der Waals surface area contributed by atoms with Crippen molar-refractivity contribution >= 4 is 5.82 Å². The highest BCUT2D eigenvalue weighted by Crippen LogP contribution is 2.25. The number of nitrogens with zero attached hydrogens (tertiary/aromatic N) is 5. The molecule has 0 spiro atoms. The summed E-state index contributed by atoms with van der Waals surface area (Å²) in [4.78, 5) is 16.3. The highest BCUT2D eigenvalue weighted by molar-refractivity contribution is 5.52. The number of aromatic nitrogens is 6. The number of nitrogens with one attached hydrogen (secondary N) is 1. The summed E-state index contributed by atoms with van der Waals surface area (Å²) in [6.45, 7) is 2.13. The number of hydrogen-bond acceptors (Lipinski definition) is 6. The van der Waals surface area contributed by atoms with Crippen molar-refractivity contribution in [3.8, 4) is 11.5 Å². The Balaban J connectivity index is 1.66. The standard InChI is InChI=1S/C16H19N7O/c17-14-3-1-2-13(20-14)16-21-15(11-5-7-24-9-11)22-23(16)6-4-12-8-18-10-19-12/h1-3,8,10-11H,4-7,9H2,(H2,17,20)(H,18,19)/t11-/m0/s1. The molecule has 124 valence electrons. The highest BCUT2D eigenvalue weighted by Gasteiger charge is 2.24. The zero-order chi connectivity index (χ0) is 16.4. The third kappa shape index (κ3) is 3.00. The van der Waals surface area contributed by atoms with Crippen molar-refractivity contribution in [3.05, 3.63) is 42.2 Å². The molecule has 3 aromatic heterocycles. The van der Waals surface area contributed by atoms with Gasteiger partial charge in [0.1, 0.15) is 11.5 Å². The number of imidazole rings is 1. The van der Waals surface area contributed by atoms with Crippen LogP contribution in [0.1, 0.15) is 23.9 Å². The third-order valence-electron chi connectivity index (χ3n) is 4.13. The summed E-state index contributed by atoms with van der Waals surface area (Å²) in [5, 5.41) is 4.71. The Labute approximate surface area is 139 Å². The molecular weight excluding hydrogens is 306 g/mol. The Bertz CT molecular complexity index is 806. The average molecular weight is 325 g/mol. The molecule has 1 aliphatic heterocycles. The van der Waals surface area contributed by atoms with Crippen LogP contribution in [0.4, 0.5) is 5.82 Å². The first-order valence-electron chi connectivity index (χ1n) is 8.02. The Morgan fingerprint density at radius 1 is 1.33 bits per heavy atom. The fourth-order valence-corrected chi connectivity index (χ4v) is 2.84. The van der Waals surface area contributed by atoms with Gasteiger partial charge in [-0.2, -0.15) is 5.10 Å². The van der Waals surface area contributed by atoms with E-state index in [1.54, 1.807) is 12.4 Å². The number of aromatic amines is 1. The predicted octanol–water partition coefficient (Wildman–Crippen LogP) is 1.39. The normalized spacial score (nSPS) is 17.4. The monoisotopic (exact) mass is 325 g/mol. The molecule has 0 saturated carbocycles. The van der Waals surface area contributed by atoms with E-state index in [2.05, 4.69) is 15.0 Å². The van der Waals surface area contributed by atoms with Crippen LogP contribution >= 0.6 is 0 Å². The number of ether oxygens (including phenoxy) is 1. The van der Waals surface area contributed by atoms with Gasteiger partial charge in [0.15, 0.2) is 11.6 Å². The van der Waals surface area contributed by atoms with Crippen molar-refractivity contribution < 1.29 is 4.74 Å². The van der Waals surface area contributed by atoms with Gasteiger partial charge in [-0.1, -0.05) is 6.07 Å². The van der Waals surface area contributed by atoms with Gasteiger partial charge >= 0.3 is 0 Å². The molecule has 1 fully saturated rings. The SMILES string of the molecule is Nc1cccc(-c2nc([C@H]3CCOC3)nn2CCc2cnc[nH]2)n1. The van der Waals surface area contributed by atoms with Crippen LogP contribution in [-0.2, 0) is 17.7 Å². The summed E-state index contributed by atoms with van der Waals surface area (Å²) < 4.78 is 7.37. The molecule has 1 aliphatic rings. The van der Waals surface area contributed by atoms with Crippen molar-refractivity contribution in [2.24, 2.45) is 0 Å². The molecule has 4 heterocycles. The Hall–Kier alpha value is -2.74. The van der Waals surface area contributed by atoms with Crippen molar-refractivity contribution in [1.29, 1.82) is 0 Å². The van der Waals surface area contributed by atoms with E-state index < -0.39 is 0 Å². The van der Waals surface area contributed by atoms with E-state index >= 15 is 0 Å². The fourth-order valence-electron chi connectivity index (χ4n) is 2.84. The first-order valence-corrected chi connectivity index (χ1v) is 8.02. The van der Waals surface area contributed by atoms with Gasteiger partial charge in [-0.25, -0.2) is 19.6 Å². The van der Waals surface area contributed by atoms with Crippen molar-refractivity contribution in [1.82, 2.24) is 29.7 Å². The molecule has 0 radical (unpaired) electrons. The molecule has 4 rings (SSSR count). The molecule has 1 saturated heterocycles. The molecule has 0 aromatic carbocycles. The lowest BCUT2D eigenvalue weighted by molar-refractivity contribution is 0.193. The van der Waals surface area contributed by atoms with Crippen LogP contribution in [0.5, 0.6) is 0 Å². The van der Waals surface area contributed by atoms with Gasteiger partial charge in [0.2, 0.25) is 0 Å². The topological polar surface area (TPSA) is 108 Å². The average Bonchev–Trinajstić information content (AvgIpc) is 3.33. The second-order valence-electron chi connectivity index (χ2n) is 5.85. The van der Waals surface area contributed by atoms with Crippen LogP contribution in [0.2, 0.25) is 0 Å². The minimum absolute atomic E-state index is 0.248. The molecule has 0 bridgehead atoms. The van der Waals surface area contributed by atoms with E-state index in [4.69, 9.17) is 20.6 Å². The van der Waals surface area contributed by atoms with E-state index in [0.717, 1.165) is 42.5 Å². The van der Waals surface area contributed by atoms with Crippen LogP contribution in [0, 0.1) is 0 Å². The molecule has 8 nitrogen and oxygen atoms in total. The van der Waals surface area contributed by atoms with Crippen molar-refractivity contribution in [2.75, 3.05) is 18.9 Å². The first kappa shape index (κ1) is 14.8. The van der Waals surface area contributed by atoms with Crippen LogP contribution < -0.4 is 5.73 Å². The second-order valence-corrected chi connectivity index (χ2v) is 5.85. The number of nitrogens with two attached hydrogens (primary N) is 1. The van der Waals surface area contributed by atoms with Gasteiger partial charge in [-0.15, -0.1) is 0 Å². The van der Waals surface area contributed by atoms with E-state index in [1.807, 2.05) is 23.0 Å². The second kappa shape index (κ2) is 6.40. The molecular formula is C16H19N7O. The first-order chi connectivity index (χ1) is 11.8. The third-order valence-corrected chi connectivity index (χ3v) is 4.13. The highest BCUT2D eigenvalue weighted by atomic mass is 16.5. The van der Waals surface area contributed by atoms with Gasteiger partial charge < -0.3 is 15.5 Å². The summed E-state index contributed by atoms with van der Waals surface area (Å²) >= 11 is 0. The van der Waals surface area contributed by atoms with Crippen LogP contribution in [0.25, 0.3) is 11.5 Å². The number of pyridine rings is 1. The van der Waals surface area contributed by atoms with Gasteiger partial charge in [0, 0.05) is 37.4 Å². The van der Waals surface area contributed by atoms with Crippen LogP contribution in [0.15, 0.2) is 30.7 Å². The van der Waals surface area contributed by atoms with E-state index in [-0.39, 0.29) is 5.92 Å². The van der Waals surface area contributed by atoms with E-state index in [0.29, 0.717) is 19.0 Å². The summed E-state index contributed by atoms with van der Waals surface area (Å²) in [6.07, 6.45) is 5.24. The maximum absolute atomic E-state index is 5.82. The summed E-state index contributed by atoms with van der Waals surface area (Å²) in [6, 6.07) is 5.55. The minimum atomic E-state index is 0.248. The maximum atomic E-state index is 5.82. The number of hydrogen-bond donors (Lipinski definition) is 2. The number of anilines is 1. The zero-order valence-corrected chi connectivity index (χ0v) is 13.2. The number of H-pyrrole nitrogens is 1. The Kier molecular flexibility index (Phi) is 3.96. The maximum Gasteiger partial charge on any atom is 0.177 e. The number of aryl methyl sites for hydroxylation is 2. The van der Waals surface area contributed by atoms with Crippen molar-refractivity contribution in [3.63, 3.8) is 0 Å². The lowest BCUT2D eigenvalue weighted by Crippen LogP contribution is -2.07. The molecule has 24 heavy (non-hydrogen) atoms. The van der Waals surface area contributed by atoms with Crippen LogP contribution in [0.3, 0.4) is 0 Å². The molecule has 1 atom stereocenters. The number of rotatable bonds is 5. The molecule has 3 aromatic rings. The molecule has 3 N–H and O–H groups in total. The summed E-state index contributed by atoms with van der Waals surface area (Å²) in [5.74, 6) is 2.28. The van der Waals surface area contributed by atoms with Crippen LogP contribution in [-0.4, -0.2) is 42.9 Å². The quantitative estimate of drug-likeness (QED) is 0.734. The zero-order valence-electron chi connectivity index (χ0n) is 13.2. The molecule has 0 amide bonds. The lowest BCUT2D eigenvalue weighted by Gasteiger charge is -2.05. The molecule has 8 heteroatoms. The minimum Gasteiger partial charge on any atom is -0.384 e. The van der Waals surface area contributed by atoms with E-state index in [9.17, 15) is 0 Å². The Morgan fingerprint density at radius 2 is 2.29 bits per heavy atom. The predicted molar refractivity (Wildman–Crippen MR) is 88.1 cm³/mol. The number of nitrogen functional groups attached to an aromatic ring is 1. The van der Waals surface area contributed by atoms with E-state index in [1.165, 1.54) is 0 Å². The molecule has 0 unspecified atom stereocenters. The Morgan fingerprint density at radius 3 is 3.04 bits per heavy atom. The summed E-state index contributed by atoms with van der Waals surface area (Å²) in [5.41, 5.74) is 7.62. The summed E-state index contributed by atoms with van der Waals surface area (Å²) in [7, 11) is 0. The molecule has 0 aliphatic carbocycles. The fraction of sp³-hybridized carbons (Fsp3) is 0.375.